The largest absolute Gasteiger partial charge is 0.370 e. The van der Waals surface area contributed by atoms with Gasteiger partial charge in [0.05, 0.1) is 12.5 Å². The molecular weight excluding hydrogens is 218 g/mol. The first-order valence-electron chi connectivity index (χ1n) is 6.40. The third-order valence-electron chi connectivity index (χ3n) is 3.27. The Hall–Kier alpha value is -1.10. The van der Waals surface area contributed by atoms with Crippen molar-refractivity contribution >= 4 is 11.8 Å². The minimum Gasteiger partial charge on any atom is -0.370 e. The van der Waals surface area contributed by atoms with Crippen LogP contribution in [0.15, 0.2) is 0 Å². The number of rotatable bonds is 5. The van der Waals surface area contributed by atoms with Crippen molar-refractivity contribution in [3.8, 4) is 0 Å². The van der Waals surface area contributed by atoms with E-state index in [2.05, 4.69) is 6.92 Å². The van der Waals surface area contributed by atoms with Crippen molar-refractivity contribution in [1.82, 2.24) is 4.90 Å². The highest BCUT2D eigenvalue weighted by molar-refractivity contribution is 5.87. The fraction of sp³-hybridized carbons (Fsp3) is 0.833. The summed E-state index contributed by atoms with van der Waals surface area (Å²) in [5.41, 5.74) is 10.8. The van der Waals surface area contributed by atoms with Gasteiger partial charge in [-0.3, -0.25) is 9.59 Å². The molecule has 1 aliphatic heterocycles. The van der Waals surface area contributed by atoms with E-state index in [4.69, 9.17) is 11.5 Å². The summed E-state index contributed by atoms with van der Waals surface area (Å²) in [4.78, 5) is 24.7. The van der Waals surface area contributed by atoms with Crippen molar-refractivity contribution in [2.45, 2.75) is 57.5 Å². The van der Waals surface area contributed by atoms with Crippen LogP contribution in [0.25, 0.3) is 0 Å². The lowest BCUT2D eigenvalue weighted by Crippen LogP contribution is -2.51. The highest BCUT2D eigenvalue weighted by Gasteiger charge is 2.29. The van der Waals surface area contributed by atoms with E-state index in [9.17, 15) is 9.59 Å². The molecule has 0 bridgehead atoms. The maximum Gasteiger partial charge on any atom is 0.240 e. The second-order valence-electron chi connectivity index (χ2n) is 4.75. The van der Waals surface area contributed by atoms with Crippen LogP contribution in [0.3, 0.4) is 0 Å². The van der Waals surface area contributed by atoms with Crippen molar-refractivity contribution in [2.24, 2.45) is 11.5 Å². The lowest BCUT2D eigenvalue weighted by molar-refractivity contribution is -0.138. The number of amides is 2. The summed E-state index contributed by atoms with van der Waals surface area (Å²) >= 11 is 0. The first-order chi connectivity index (χ1) is 8.06. The van der Waals surface area contributed by atoms with E-state index in [-0.39, 0.29) is 12.3 Å². The molecule has 0 aromatic rings. The molecule has 1 heterocycles. The molecule has 0 saturated carbocycles. The van der Waals surface area contributed by atoms with Gasteiger partial charge in [-0.2, -0.15) is 0 Å². The van der Waals surface area contributed by atoms with Crippen molar-refractivity contribution < 1.29 is 9.59 Å². The molecule has 1 rings (SSSR count). The van der Waals surface area contributed by atoms with Gasteiger partial charge in [-0.15, -0.1) is 0 Å². The number of carbonyl (C=O) groups excluding carboxylic acids is 2. The van der Waals surface area contributed by atoms with Crippen LogP contribution in [0, 0.1) is 0 Å². The van der Waals surface area contributed by atoms with Crippen LogP contribution in [0.4, 0.5) is 0 Å². The Kier molecular flexibility index (Phi) is 5.41. The number of piperidine rings is 1. The molecule has 0 aromatic heterocycles. The minimum absolute atomic E-state index is 0.0613. The number of primary amides is 1. The summed E-state index contributed by atoms with van der Waals surface area (Å²) in [6, 6.07) is -0.481. The summed E-state index contributed by atoms with van der Waals surface area (Å²) in [6.45, 7) is 2.87. The Morgan fingerprint density at radius 3 is 2.71 bits per heavy atom. The lowest BCUT2D eigenvalue weighted by atomic mass is 9.97. The highest BCUT2D eigenvalue weighted by atomic mass is 16.2. The fourth-order valence-electron chi connectivity index (χ4n) is 2.44. The number of hydrogen-bond donors (Lipinski definition) is 2. The van der Waals surface area contributed by atoms with Crippen molar-refractivity contribution in [2.75, 3.05) is 6.54 Å². The van der Waals surface area contributed by atoms with Gasteiger partial charge in [-0.05, 0) is 25.7 Å². The molecule has 2 unspecified atom stereocenters. The van der Waals surface area contributed by atoms with Crippen LogP contribution < -0.4 is 11.5 Å². The van der Waals surface area contributed by atoms with E-state index in [1.54, 1.807) is 0 Å². The molecule has 0 aliphatic carbocycles. The van der Waals surface area contributed by atoms with Crippen LogP contribution in [0.1, 0.15) is 45.4 Å². The Balaban J connectivity index is 2.60. The number of carbonyl (C=O) groups is 2. The third kappa shape index (κ3) is 4.00. The summed E-state index contributed by atoms with van der Waals surface area (Å²) in [5.74, 6) is -0.642. The molecule has 5 heteroatoms. The zero-order chi connectivity index (χ0) is 12.8. The predicted molar refractivity (Wildman–Crippen MR) is 66.0 cm³/mol. The van der Waals surface area contributed by atoms with E-state index in [1.165, 1.54) is 6.42 Å². The van der Waals surface area contributed by atoms with Crippen LogP contribution in [-0.4, -0.2) is 35.3 Å². The van der Waals surface area contributed by atoms with E-state index >= 15 is 0 Å². The number of hydrogen-bond acceptors (Lipinski definition) is 3. The van der Waals surface area contributed by atoms with Crippen molar-refractivity contribution in [3.63, 3.8) is 0 Å². The van der Waals surface area contributed by atoms with E-state index in [1.807, 2.05) is 4.90 Å². The smallest absolute Gasteiger partial charge is 0.240 e. The van der Waals surface area contributed by atoms with Crippen LogP contribution >= 0.6 is 0 Å². The molecule has 1 aliphatic rings. The molecular formula is C12H23N3O2. The van der Waals surface area contributed by atoms with Gasteiger partial charge < -0.3 is 16.4 Å². The Morgan fingerprint density at radius 2 is 2.12 bits per heavy atom. The molecule has 0 aromatic carbocycles. The molecule has 1 fully saturated rings. The van der Waals surface area contributed by atoms with Crippen molar-refractivity contribution in [1.29, 1.82) is 0 Å². The van der Waals surface area contributed by atoms with Gasteiger partial charge in [0.1, 0.15) is 0 Å². The summed E-state index contributed by atoms with van der Waals surface area (Å²) in [6.07, 6.45) is 5.24. The van der Waals surface area contributed by atoms with Gasteiger partial charge >= 0.3 is 0 Å². The second-order valence-corrected chi connectivity index (χ2v) is 4.75. The monoisotopic (exact) mass is 241 g/mol. The third-order valence-corrected chi connectivity index (χ3v) is 3.27. The molecule has 1 saturated heterocycles. The molecule has 0 radical (unpaired) electrons. The van der Waals surface area contributed by atoms with Gasteiger partial charge in [0.25, 0.3) is 0 Å². The maximum absolute atomic E-state index is 12.1. The standard InChI is InChI=1S/C12H23N3O2/c1-2-5-9-6-3-4-7-15(9)12(17)10(13)8-11(14)16/h9-10H,2-8,13H2,1H3,(H2,14,16). The van der Waals surface area contributed by atoms with E-state index in [0.717, 1.165) is 32.2 Å². The molecule has 2 amide bonds. The van der Waals surface area contributed by atoms with Crippen molar-refractivity contribution in [3.05, 3.63) is 0 Å². The minimum atomic E-state index is -0.773. The molecule has 5 nitrogen and oxygen atoms in total. The Morgan fingerprint density at radius 1 is 1.41 bits per heavy atom. The molecule has 98 valence electrons. The van der Waals surface area contributed by atoms with Crippen LogP contribution in [0.2, 0.25) is 0 Å². The average Bonchev–Trinajstić information content (AvgIpc) is 2.28. The molecule has 17 heavy (non-hydrogen) atoms. The highest BCUT2D eigenvalue weighted by Crippen LogP contribution is 2.21. The quantitative estimate of drug-likeness (QED) is 0.728. The maximum atomic E-state index is 12.1. The van der Waals surface area contributed by atoms with E-state index in [0.29, 0.717) is 6.04 Å². The fourth-order valence-corrected chi connectivity index (χ4v) is 2.44. The molecule has 2 atom stereocenters. The number of nitrogens with zero attached hydrogens (tertiary/aromatic N) is 1. The SMILES string of the molecule is CCCC1CCCCN1C(=O)C(N)CC(N)=O. The topological polar surface area (TPSA) is 89.4 Å². The number of nitrogens with two attached hydrogens (primary N) is 2. The first-order valence-corrected chi connectivity index (χ1v) is 6.40. The van der Waals surface area contributed by atoms with Gasteiger partial charge in [0, 0.05) is 12.6 Å². The van der Waals surface area contributed by atoms with Gasteiger partial charge in [0.15, 0.2) is 0 Å². The normalized spacial score (nSPS) is 22.2. The zero-order valence-corrected chi connectivity index (χ0v) is 10.5. The second kappa shape index (κ2) is 6.59. The Labute approximate surface area is 103 Å². The van der Waals surface area contributed by atoms with E-state index < -0.39 is 11.9 Å². The molecule has 0 spiro atoms. The van der Waals surface area contributed by atoms with Crippen LogP contribution in [0.5, 0.6) is 0 Å². The van der Waals surface area contributed by atoms with Gasteiger partial charge in [0.2, 0.25) is 11.8 Å². The summed E-state index contributed by atoms with van der Waals surface area (Å²) in [5, 5.41) is 0. The summed E-state index contributed by atoms with van der Waals surface area (Å²) < 4.78 is 0. The molecule has 4 N–H and O–H groups in total. The van der Waals surface area contributed by atoms with Gasteiger partial charge in [-0.1, -0.05) is 13.3 Å². The van der Waals surface area contributed by atoms with Crippen LogP contribution in [-0.2, 0) is 9.59 Å². The van der Waals surface area contributed by atoms with Gasteiger partial charge in [-0.25, -0.2) is 0 Å². The average molecular weight is 241 g/mol. The first kappa shape index (κ1) is 14.0. The zero-order valence-electron chi connectivity index (χ0n) is 10.5. The summed E-state index contributed by atoms with van der Waals surface area (Å²) in [7, 11) is 0. The number of likely N-dealkylation sites (tertiary alicyclic amines) is 1. The predicted octanol–water partition coefficient (Wildman–Crippen LogP) is 0.370. The lowest BCUT2D eigenvalue weighted by Gasteiger charge is -2.37. The Bertz CT molecular complexity index is 279.